The van der Waals surface area contributed by atoms with Crippen molar-refractivity contribution in [1.29, 1.82) is 0 Å². The van der Waals surface area contributed by atoms with E-state index < -0.39 is 11.4 Å². The number of carbonyl (C=O) groups is 1. The Kier molecular flexibility index (Phi) is 2.78. The Morgan fingerprint density at radius 3 is 2.75 bits per heavy atom. The Hall–Kier alpha value is -1.26. The molecule has 0 unspecified atom stereocenters. The van der Waals surface area contributed by atoms with Gasteiger partial charge in [-0.15, -0.1) is 0 Å². The number of hydrogen-bond acceptors (Lipinski definition) is 3. The Labute approximate surface area is 97.9 Å². The summed E-state index contributed by atoms with van der Waals surface area (Å²) >= 11 is 5.74. The number of halogens is 1. The highest BCUT2D eigenvalue weighted by Crippen LogP contribution is 2.35. The standard InChI is InChI=1S/C11H12ClNO3/c12-7-1-2-9(15)8(5-7)10(16)13-11(6-14)3-4-11/h1-2,5,14-15H,3-4,6H2,(H,13,16). The first-order chi connectivity index (χ1) is 7.56. The van der Waals surface area contributed by atoms with Crippen LogP contribution in [0.3, 0.4) is 0 Å². The minimum absolute atomic E-state index is 0.0833. The van der Waals surface area contributed by atoms with Crippen LogP contribution < -0.4 is 5.32 Å². The van der Waals surface area contributed by atoms with Crippen LogP contribution in [0.5, 0.6) is 5.75 Å². The van der Waals surface area contributed by atoms with Gasteiger partial charge in [-0.2, -0.15) is 0 Å². The van der Waals surface area contributed by atoms with E-state index in [1.165, 1.54) is 18.2 Å². The van der Waals surface area contributed by atoms with Crippen LogP contribution in [0.15, 0.2) is 18.2 Å². The number of carbonyl (C=O) groups excluding carboxylic acids is 1. The molecule has 0 atom stereocenters. The van der Waals surface area contributed by atoms with Gasteiger partial charge in [0.05, 0.1) is 17.7 Å². The molecule has 1 aliphatic rings. The quantitative estimate of drug-likeness (QED) is 0.747. The highest BCUT2D eigenvalue weighted by atomic mass is 35.5. The van der Waals surface area contributed by atoms with Crippen LogP contribution in [0.25, 0.3) is 0 Å². The number of benzene rings is 1. The summed E-state index contributed by atoms with van der Waals surface area (Å²) in [4.78, 5) is 11.8. The Balaban J connectivity index is 2.17. The second kappa shape index (κ2) is 3.96. The summed E-state index contributed by atoms with van der Waals surface area (Å²) in [6, 6.07) is 4.28. The van der Waals surface area contributed by atoms with Crippen molar-refractivity contribution in [2.45, 2.75) is 18.4 Å². The molecule has 0 bridgehead atoms. The number of aliphatic hydroxyl groups excluding tert-OH is 1. The van der Waals surface area contributed by atoms with Crippen LogP contribution in [0.2, 0.25) is 5.02 Å². The van der Waals surface area contributed by atoms with E-state index in [9.17, 15) is 9.90 Å². The minimum atomic E-state index is -0.494. The molecule has 1 aliphatic carbocycles. The average Bonchev–Trinajstić information content (AvgIpc) is 3.02. The molecule has 4 nitrogen and oxygen atoms in total. The van der Waals surface area contributed by atoms with Gasteiger partial charge in [-0.1, -0.05) is 11.6 Å². The molecule has 1 aromatic rings. The fourth-order valence-corrected chi connectivity index (χ4v) is 1.64. The smallest absolute Gasteiger partial charge is 0.255 e. The third-order valence-corrected chi connectivity index (χ3v) is 2.97. The fourth-order valence-electron chi connectivity index (χ4n) is 1.47. The second-order valence-corrected chi connectivity index (χ2v) is 4.49. The largest absolute Gasteiger partial charge is 0.507 e. The predicted octanol–water partition coefficient (Wildman–Crippen LogP) is 1.30. The summed E-state index contributed by atoms with van der Waals surface area (Å²) in [6.07, 6.45) is 1.52. The highest BCUT2D eigenvalue weighted by Gasteiger charge is 2.43. The average molecular weight is 242 g/mol. The molecule has 1 fully saturated rings. The lowest BCUT2D eigenvalue weighted by Gasteiger charge is -2.14. The first-order valence-corrected chi connectivity index (χ1v) is 5.36. The number of nitrogens with one attached hydrogen (secondary N) is 1. The zero-order valence-corrected chi connectivity index (χ0v) is 9.29. The summed E-state index contributed by atoms with van der Waals surface area (Å²) in [5, 5.41) is 21.7. The van der Waals surface area contributed by atoms with Crippen molar-refractivity contribution in [2.75, 3.05) is 6.61 Å². The number of rotatable bonds is 3. The van der Waals surface area contributed by atoms with Gasteiger partial charge in [0.25, 0.3) is 5.91 Å². The maximum atomic E-state index is 11.8. The molecular formula is C11H12ClNO3. The van der Waals surface area contributed by atoms with Crippen molar-refractivity contribution in [3.8, 4) is 5.75 Å². The molecule has 2 rings (SSSR count). The summed E-state index contributed by atoms with van der Waals surface area (Å²) in [6.45, 7) is -0.0833. The number of aliphatic hydroxyl groups is 1. The van der Waals surface area contributed by atoms with Crippen molar-refractivity contribution < 1.29 is 15.0 Å². The zero-order chi connectivity index (χ0) is 11.8. The van der Waals surface area contributed by atoms with E-state index in [2.05, 4.69) is 5.32 Å². The van der Waals surface area contributed by atoms with Crippen LogP contribution >= 0.6 is 11.6 Å². The lowest BCUT2D eigenvalue weighted by atomic mass is 10.1. The number of amides is 1. The van der Waals surface area contributed by atoms with Crippen molar-refractivity contribution in [3.05, 3.63) is 28.8 Å². The fraction of sp³-hybridized carbons (Fsp3) is 0.364. The number of hydrogen-bond donors (Lipinski definition) is 3. The van der Waals surface area contributed by atoms with Crippen LogP contribution in [0.1, 0.15) is 23.2 Å². The van der Waals surface area contributed by atoms with Crippen molar-refractivity contribution >= 4 is 17.5 Å². The summed E-state index contributed by atoms with van der Waals surface area (Å²) in [7, 11) is 0. The third kappa shape index (κ3) is 2.13. The van der Waals surface area contributed by atoms with Gasteiger partial charge in [0, 0.05) is 5.02 Å². The number of aromatic hydroxyl groups is 1. The molecule has 86 valence electrons. The van der Waals surface area contributed by atoms with Crippen LogP contribution in [0, 0.1) is 0 Å². The lowest BCUT2D eigenvalue weighted by Crippen LogP contribution is -2.39. The van der Waals surface area contributed by atoms with E-state index in [4.69, 9.17) is 16.7 Å². The van der Waals surface area contributed by atoms with Gasteiger partial charge < -0.3 is 15.5 Å². The lowest BCUT2D eigenvalue weighted by molar-refractivity contribution is 0.0904. The molecule has 0 saturated heterocycles. The Morgan fingerprint density at radius 2 is 2.19 bits per heavy atom. The minimum Gasteiger partial charge on any atom is -0.507 e. The zero-order valence-electron chi connectivity index (χ0n) is 8.53. The van der Waals surface area contributed by atoms with Gasteiger partial charge >= 0.3 is 0 Å². The molecule has 0 aromatic heterocycles. The third-order valence-electron chi connectivity index (χ3n) is 2.74. The van der Waals surface area contributed by atoms with E-state index in [0.29, 0.717) is 5.02 Å². The van der Waals surface area contributed by atoms with Gasteiger partial charge in [-0.3, -0.25) is 4.79 Å². The second-order valence-electron chi connectivity index (χ2n) is 4.05. The normalized spacial score (nSPS) is 16.9. The Bertz CT molecular complexity index is 429. The maximum absolute atomic E-state index is 11.8. The van der Waals surface area contributed by atoms with Gasteiger partial charge in [0.1, 0.15) is 5.75 Å². The van der Waals surface area contributed by atoms with Crippen molar-refractivity contribution in [2.24, 2.45) is 0 Å². The number of phenolic OH excluding ortho intramolecular Hbond substituents is 1. The molecule has 0 heterocycles. The molecule has 16 heavy (non-hydrogen) atoms. The first kappa shape index (κ1) is 11.2. The van der Waals surface area contributed by atoms with E-state index in [-0.39, 0.29) is 17.9 Å². The van der Waals surface area contributed by atoms with Crippen LogP contribution in [-0.4, -0.2) is 28.3 Å². The summed E-state index contributed by atoms with van der Waals surface area (Å²) in [5.74, 6) is -0.526. The summed E-state index contributed by atoms with van der Waals surface area (Å²) < 4.78 is 0. The van der Waals surface area contributed by atoms with Gasteiger partial charge in [-0.05, 0) is 31.0 Å². The monoisotopic (exact) mass is 241 g/mol. The van der Waals surface area contributed by atoms with Gasteiger partial charge in [-0.25, -0.2) is 0 Å². The van der Waals surface area contributed by atoms with Crippen molar-refractivity contribution in [3.63, 3.8) is 0 Å². The molecule has 0 aliphatic heterocycles. The van der Waals surface area contributed by atoms with Crippen LogP contribution in [0.4, 0.5) is 0 Å². The SMILES string of the molecule is O=C(NC1(CO)CC1)c1cc(Cl)ccc1O. The molecule has 1 amide bonds. The Morgan fingerprint density at radius 1 is 1.50 bits per heavy atom. The molecular weight excluding hydrogens is 230 g/mol. The molecule has 0 radical (unpaired) electrons. The topological polar surface area (TPSA) is 69.6 Å². The number of phenols is 1. The van der Waals surface area contributed by atoms with Gasteiger partial charge in [0.2, 0.25) is 0 Å². The summed E-state index contributed by atoms with van der Waals surface area (Å²) in [5.41, 5.74) is -0.363. The molecule has 1 aromatic carbocycles. The van der Waals surface area contributed by atoms with Gasteiger partial charge in [0.15, 0.2) is 0 Å². The van der Waals surface area contributed by atoms with E-state index >= 15 is 0 Å². The highest BCUT2D eigenvalue weighted by molar-refractivity contribution is 6.31. The van der Waals surface area contributed by atoms with Crippen molar-refractivity contribution in [1.82, 2.24) is 5.32 Å². The van der Waals surface area contributed by atoms with Crippen LogP contribution in [-0.2, 0) is 0 Å². The predicted molar refractivity (Wildman–Crippen MR) is 59.6 cm³/mol. The molecule has 5 heteroatoms. The van der Waals surface area contributed by atoms with E-state index in [0.717, 1.165) is 12.8 Å². The molecule has 1 saturated carbocycles. The molecule has 0 spiro atoms. The van der Waals surface area contributed by atoms with E-state index in [1.807, 2.05) is 0 Å². The molecule has 3 N–H and O–H groups in total. The van der Waals surface area contributed by atoms with E-state index in [1.54, 1.807) is 0 Å². The first-order valence-electron chi connectivity index (χ1n) is 4.98. The maximum Gasteiger partial charge on any atom is 0.255 e.